The van der Waals surface area contributed by atoms with E-state index in [1.54, 1.807) is 6.07 Å². The van der Waals surface area contributed by atoms with Crippen molar-refractivity contribution in [2.45, 2.75) is 19.4 Å². The number of fused-ring (bicyclic) bond motifs is 1. The molecule has 2 aromatic carbocycles. The smallest absolute Gasteiger partial charge is 0.263 e. The normalized spacial score (nSPS) is 12.3. The molecular weight excluding hydrogens is 349 g/mol. The summed E-state index contributed by atoms with van der Waals surface area (Å²) in [6, 6.07) is 15.4. The largest absolute Gasteiger partial charge is 0.345 e. The van der Waals surface area contributed by atoms with E-state index in [2.05, 4.69) is 5.32 Å². The molecule has 0 spiro atoms. The van der Waals surface area contributed by atoms with Gasteiger partial charge in [0.15, 0.2) is 0 Å². The topological polar surface area (TPSA) is 29.1 Å². The molecule has 23 heavy (non-hydrogen) atoms. The van der Waals surface area contributed by atoms with Crippen LogP contribution in [0, 0.1) is 0 Å². The molecule has 0 saturated carbocycles. The van der Waals surface area contributed by atoms with E-state index in [9.17, 15) is 4.79 Å². The van der Waals surface area contributed by atoms with E-state index in [4.69, 9.17) is 23.2 Å². The Hall–Kier alpha value is -1.55. The molecule has 1 heterocycles. The molecule has 0 radical (unpaired) electrons. The maximum atomic E-state index is 12.7. The molecule has 5 heteroatoms. The average molecular weight is 364 g/mol. The second-order valence-electron chi connectivity index (χ2n) is 5.20. The minimum atomic E-state index is -0.164. The van der Waals surface area contributed by atoms with Gasteiger partial charge in [0.25, 0.3) is 5.91 Å². The zero-order chi connectivity index (χ0) is 16.4. The van der Waals surface area contributed by atoms with E-state index in [1.807, 2.05) is 49.4 Å². The summed E-state index contributed by atoms with van der Waals surface area (Å²) in [5, 5.41) is 4.81. The second-order valence-corrected chi connectivity index (χ2v) is 7.04. The number of benzene rings is 2. The summed E-state index contributed by atoms with van der Waals surface area (Å²) in [4.78, 5) is 13.2. The predicted molar refractivity (Wildman–Crippen MR) is 98.8 cm³/mol. The summed E-state index contributed by atoms with van der Waals surface area (Å²) in [6.07, 6.45) is 0.805. The van der Waals surface area contributed by atoms with Crippen LogP contribution in [0.3, 0.4) is 0 Å². The van der Waals surface area contributed by atoms with Gasteiger partial charge in [-0.15, -0.1) is 11.3 Å². The Morgan fingerprint density at radius 2 is 1.87 bits per heavy atom. The van der Waals surface area contributed by atoms with Crippen molar-refractivity contribution >= 4 is 50.5 Å². The van der Waals surface area contributed by atoms with Gasteiger partial charge in [-0.3, -0.25) is 4.79 Å². The van der Waals surface area contributed by atoms with Crippen LogP contribution < -0.4 is 5.32 Å². The van der Waals surface area contributed by atoms with Crippen LogP contribution in [0.5, 0.6) is 0 Å². The lowest BCUT2D eigenvalue weighted by atomic mass is 10.0. The second kappa shape index (κ2) is 6.91. The van der Waals surface area contributed by atoms with E-state index in [0.29, 0.717) is 14.9 Å². The number of nitrogens with one attached hydrogen (secondary N) is 1. The van der Waals surface area contributed by atoms with Crippen molar-refractivity contribution in [1.29, 1.82) is 0 Å². The first-order valence-electron chi connectivity index (χ1n) is 7.34. The van der Waals surface area contributed by atoms with E-state index >= 15 is 0 Å². The molecular formula is C18H15Cl2NOS. The Morgan fingerprint density at radius 1 is 1.13 bits per heavy atom. The lowest BCUT2D eigenvalue weighted by molar-refractivity contribution is 0.0940. The molecule has 0 aliphatic heterocycles. The SMILES string of the molecule is CCC(NC(=O)c1sc2cccc(Cl)c2c1Cl)c1ccccc1. The van der Waals surface area contributed by atoms with Gasteiger partial charge in [-0.1, -0.05) is 66.5 Å². The zero-order valence-electron chi connectivity index (χ0n) is 12.5. The highest BCUT2D eigenvalue weighted by Gasteiger charge is 2.21. The Morgan fingerprint density at radius 3 is 2.52 bits per heavy atom. The molecule has 0 bridgehead atoms. The number of thiophene rings is 1. The van der Waals surface area contributed by atoms with Gasteiger partial charge in [-0.2, -0.15) is 0 Å². The molecule has 1 unspecified atom stereocenters. The van der Waals surface area contributed by atoms with Crippen molar-refractivity contribution in [3.63, 3.8) is 0 Å². The molecule has 118 valence electrons. The van der Waals surface area contributed by atoms with E-state index < -0.39 is 0 Å². The molecule has 0 fully saturated rings. The summed E-state index contributed by atoms with van der Waals surface area (Å²) in [5.41, 5.74) is 1.08. The highest BCUT2D eigenvalue weighted by Crippen LogP contribution is 2.39. The van der Waals surface area contributed by atoms with Crippen molar-refractivity contribution in [2.24, 2.45) is 0 Å². The molecule has 3 rings (SSSR count). The van der Waals surface area contributed by atoms with E-state index in [-0.39, 0.29) is 11.9 Å². The zero-order valence-corrected chi connectivity index (χ0v) is 14.8. The van der Waals surface area contributed by atoms with Crippen molar-refractivity contribution in [1.82, 2.24) is 5.32 Å². The van der Waals surface area contributed by atoms with Crippen molar-refractivity contribution in [2.75, 3.05) is 0 Å². The van der Waals surface area contributed by atoms with Crippen LogP contribution in [0.25, 0.3) is 10.1 Å². The monoisotopic (exact) mass is 363 g/mol. The molecule has 1 amide bonds. The highest BCUT2D eigenvalue weighted by molar-refractivity contribution is 7.21. The molecule has 0 aliphatic carbocycles. The van der Waals surface area contributed by atoms with Gasteiger partial charge in [0.1, 0.15) is 4.88 Å². The van der Waals surface area contributed by atoms with E-state index in [1.165, 1.54) is 11.3 Å². The highest BCUT2D eigenvalue weighted by atomic mass is 35.5. The quantitative estimate of drug-likeness (QED) is 0.596. The maximum absolute atomic E-state index is 12.7. The summed E-state index contributed by atoms with van der Waals surface area (Å²) in [7, 11) is 0. The standard InChI is InChI=1S/C18H15Cl2NOS/c1-2-13(11-7-4-3-5-8-11)21-18(22)17-16(20)15-12(19)9-6-10-14(15)23-17/h3-10,13H,2H2,1H3,(H,21,22). The van der Waals surface area contributed by atoms with Crippen LogP contribution in [0.4, 0.5) is 0 Å². The number of amides is 1. The van der Waals surface area contributed by atoms with Gasteiger partial charge in [0.05, 0.1) is 16.1 Å². The fourth-order valence-electron chi connectivity index (χ4n) is 2.55. The van der Waals surface area contributed by atoms with Crippen LogP contribution >= 0.6 is 34.5 Å². The number of hydrogen-bond acceptors (Lipinski definition) is 2. The number of hydrogen-bond donors (Lipinski definition) is 1. The summed E-state index contributed by atoms with van der Waals surface area (Å²) < 4.78 is 0.917. The van der Waals surface area contributed by atoms with Crippen molar-refractivity contribution in [3.05, 3.63) is 69.0 Å². The minimum absolute atomic E-state index is 0.0412. The Labute approximate surface area is 149 Å². The molecule has 1 atom stereocenters. The van der Waals surface area contributed by atoms with Crippen LogP contribution in [-0.2, 0) is 0 Å². The average Bonchev–Trinajstić information content (AvgIpc) is 2.91. The van der Waals surface area contributed by atoms with Crippen LogP contribution in [0.1, 0.15) is 34.6 Å². The fraction of sp³-hybridized carbons (Fsp3) is 0.167. The molecule has 2 nitrogen and oxygen atoms in total. The van der Waals surface area contributed by atoms with Gasteiger partial charge in [-0.25, -0.2) is 0 Å². The Bertz CT molecular complexity index is 845. The Balaban J connectivity index is 1.91. The number of carbonyl (C=O) groups is 1. The predicted octanol–water partition coefficient (Wildman–Crippen LogP) is 6.09. The number of halogens is 2. The molecule has 0 saturated heterocycles. The van der Waals surface area contributed by atoms with Crippen LogP contribution in [0.15, 0.2) is 48.5 Å². The summed E-state index contributed by atoms with van der Waals surface area (Å²) in [5.74, 6) is -0.164. The number of rotatable bonds is 4. The third-order valence-electron chi connectivity index (χ3n) is 3.73. The van der Waals surface area contributed by atoms with Crippen LogP contribution in [-0.4, -0.2) is 5.91 Å². The van der Waals surface area contributed by atoms with E-state index in [0.717, 1.165) is 22.1 Å². The third-order valence-corrected chi connectivity index (χ3v) is 5.69. The lowest BCUT2D eigenvalue weighted by Gasteiger charge is -2.17. The molecule has 1 aromatic heterocycles. The molecule has 1 N–H and O–H groups in total. The van der Waals surface area contributed by atoms with Crippen molar-refractivity contribution < 1.29 is 4.79 Å². The first-order chi connectivity index (χ1) is 11.1. The van der Waals surface area contributed by atoms with Gasteiger partial charge in [0, 0.05) is 10.1 Å². The summed E-state index contributed by atoms with van der Waals surface area (Å²) in [6.45, 7) is 2.04. The minimum Gasteiger partial charge on any atom is -0.345 e. The van der Waals surface area contributed by atoms with Gasteiger partial charge in [-0.05, 0) is 24.1 Å². The van der Waals surface area contributed by atoms with Crippen molar-refractivity contribution in [3.8, 4) is 0 Å². The Kier molecular flexibility index (Phi) is 4.90. The van der Waals surface area contributed by atoms with Gasteiger partial charge >= 0.3 is 0 Å². The summed E-state index contributed by atoms with van der Waals surface area (Å²) >= 11 is 14.0. The maximum Gasteiger partial charge on any atom is 0.263 e. The third kappa shape index (κ3) is 3.23. The molecule has 0 aliphatic rings. The first kappa shape index (κ1) is 16.3. The lowest BCUT2D eigenvalue weighted by Crippen LogP contribution is -2.27. The van der Waals surface area contributed by atoms with Gasteiger partial charge < -0.3 is 5.32 Å². The fourth-order valence-corrected chi connectivity index (χ4v) is 4.41. The van der Waals surface area contributed by atoms with Crippen LogP contribution in [0.2, 0.25) is 10.0 Å². The number of carbonyl (C=O) groups excluding carboxylic acids is 1. The van der Waals surface area contributed by atoms with Gasteiger partial charge in [0.2, 0.25) is 0 Å². The first-order valence-corrected chi connectivity index (χ1v) is 8.91. The molecule has 3 aromatic rings.